The summed E-state index contributed by atoms with van der Waals surface area (Å²) in [5, 5.41) is 0. The van der Waals surface area contributed by atoms with Crippen molar-refractivity contribution in [1.82, 2.24) is 0 Å². The highest BCUT2D eigenvalue weighted by molar-refractivity contribution is 4.85. The van der Waals surface area contributed by atoms with Gasteiger partial charge in [-0.15, -0.1) is 0 Å². The van der Waals surface area contributed by atoms with Crippen molar-refractivity contribution >= 4 is 0 Å². The van der Waals surface area contributed by atoms with Crippen molar-refractivity contribution in [3.63, 3.8) is 0 Å². The molecule has 0 fully saturated rings. The third-order valence-electron chi connectivity index (χ3n) is 2.91. The number of rotatable bonds is 6. The number of ether oxygens (including phenoxy) is 2. The van der Waals surface area contributed by atoms with E-state index in [2.05, 4.69) is 41.5 Å². The lowest BCUT2D eigenvalue weighted by atomic mass is 9.75. The molecule has 0 heterocycles. The van der Waals surface area contributed by atoms with E-state index in [0.29, 0.717) is 0 Å². The predicted octanol–water partition coefficient (Wildman–Crippen LogP) is 3.64. The van der Waals surface area contributed by atoms with Crippen molar-refractivity contribution in [1.29, 1.82) is 0 Å². The van der Waals surface area contributed by atoms with E-state index < -0.39 is 0 Å². The van der Waals surface area contributed by atoms with Crippen molar-refractivity contribution in [2.45, 2.75) is 65.6 Å². The molecule has 0 amide bonds. The van der Waals surface area contributed by atoms with E-state index in [9.17, 15) is 0 Å². The van der Waals surface area contributed by atoms with Gasteiger partial charge in [0.2, 0.25) is 0 Å². The van der Waals surface area contributed by atoms with Crippen LogP contribution in [0.1, 0.15) is 54.4 Å². The topological polar surface area (TPSA) is 18.5 Å². The first kappa shape index (κ1) is 14.9. The fraction of sp³-hybridized carbons (Fsp3) is 1.00. The van der Waals surface area contributed by atoms with Crippen molar-refractivity contribution in [3.8, 4) is 0 Å². The first-order valence-electron chi connectivity index (χ1n) is 5.64. The summed E-state index contributed by atoms with van der Waals surface area (Å²) >= 11 is 0. The molecule has 0 aliphatic rings. The number of methoxy groups -OCH3 is 2. The lowest BCUT2D eigenvalue weighted by molar-refractivity contribution is -0.0516. The van der Waals surface area contributed by atoms with Crippen LogP contribution in [-0.2, 0) is 9.47 Å². The SMILES string of the molecule is COC(C)(C)CC(C)(C)CC(C)(C)OC. The molecule has 0 radical (unpaired) electrons. The van der Waals surface area contributed by atoms with Crippen molar-refractivity contribution in [3.05, 3.63) is 0 Å². The smallest absolute Gasteiger partial charge is 0.0627 e. The molecule has 0 saturated carbocycles. The minimum Gasteiger partial charge on any atom is -0.379 e. The lowest BCUT2D eigenvalue weighted by Gasteiger charge is -2.38. The van der Waals surface area contributed by atoms with E-state index >= 15 is 0 Å². The fourth-order valence-corrected chi connectivity index (χ4v) is 2.51. The molecular formula is C13H28O2. The Hall–Kier alpha value is -0.0800. The zero-order chi connectivity index (χ0) is 12.3. The molecule has 0 aliphatic carbocycles. The highest BCUT2D eigenvalue weighted by Gasteiger charge is 2.33. The Labute approximate surface area is 95.3 Å². The van der Waals surface area contributed by atoms with E-state index in [1.54, 1.807) is 14.2 Å². The molecule has 2 nitrogen and oxygen atoms in total. The summed E-state index contributed by atoms with van der Waals surface area (Å²) in [4.78, 5) is 0. The molecule has 15 heavy (non-hydrogen) atoms. The second-order valence-electron chi connectivity index (χ2n) is 6.45. The maximum absolute atomic E-state index is 5.48. The van der Waals surface area contributed by atoms with E-state index in [0.717, 1.165) is 12.8 Å². The number of hydrogen-bond donors (Lipinski definition) is 0. The average Bonchev–Trinajstić information content (AvgIpc) is 2.00. The molecule has 92 valence electrons. The van der Waals surface area contributed by atoms with Gasteiger partial charge in [0.15, 0.2) is 0 Å². The monoisotopic (exact) mass is 216 g/mol. The van der Waals surface area contributed by atoms with Gasteiger partial charge in [-0.1, -0.05) is 13.8 Å². The van der Waals surface area contributed by atoms with E-state index in [-0.39, 0.29) is 16.6 Å². The Kier molecular flexibility index (Phi) is 4.81. The second kappa shape index (κ2) is 4.84. The summed E-state index contributed by atoms with van der Waals surface area (Å²) in [5.41, 5.74) is 0.0969. The Bertz CT molecular complexity index is 173. The molecule has 2 heteroatoms. The zero-order valence-corrected chi connectivity index (χ0v) is 11.7. The minimum atomic E-state index is -0.0622. The number of hydrogen-bond acceptors (Lipinski definition) is 2. The van der Waals surface area contributed by atoms with E-state index in [1.165, 1.54) is 0 Å². The minimum absolute atomic E-state index is 0.0622. The van der Waals surface area contributed by atoms with Gasteiger partial charge in [-0.05, 0) is 46.0 Å². The van der Waals surface area contributed by atoms with Crippen LogP contribution >= 0.6 is 0 Å². The summed E-state index contributed by atoms with van der Waals surface area (Å²) in [6.07, 6.45) is 2.06. The summed E-state index contributed by atoms with van der Waals surface area (Å²) in [7, 11) is 3.55. The van der Waals surface area contributed by atoms with Gasteiger partial charge < -0.3 is 9.47 Å². The van der Waals surface area contributed by atoms with Gasteiger partial charge in [-0.2, -0.15) is 0 Å². The van der Waals surface area contributed by atoms with Gasteiger partial charge in [-0.3, -0.25) is 0 Å². The standard InChI is InChI=1S/C13H28O2/c1-11(2,9-12(3,4)14-7)10-13(5,6)15-8/h9-10H2,1-8H3. The molecule has 0 N–H and O–H groups in total. The molecule has 0 unspecified atom stereocenters. The Balaban J connectivity index is 4.43. The first-order chi connectivity index (χ1) is 6.54. The van der Waals surface area contributed by atoms with Crippen LogP contribution < -0.4 is 0 Å². The Morgan fingerprint density at radius 3 is 1.13 bits per heavy atom. The average molecular weight is 216 g/mol. The Morgan fingerprint density at radius 1 is 0.667 bits per heavy atom. The summed E-state index contributed by atoms with van der Waals surface area (Å²) in [6.45, 7) is 13.1. The van der Waals surface area contributed by atoms with E-state index in [4.69, 9.17) is 9.47 Å². The summed E-state index contributed by atoms with van der Waals surface area (Å²) in [5.74, 6) is 0. The van der Waals surface area contributed by atoms with Crippen LogP contribution in [0, 0.1) is 5.41 Å². The molecule has 0 spiro atoms. The second-order valence-corrected chi connectivity index (χ2v) is 6.45. The fourth-order valence-electron chi connectivity index (χ4n) is 2.51. The largest absolute Gasteiger partial charge is 0.379 e. The van der Waals surface area contributed by atoms with Gasteiger partial charge in [-0.25, -0.2) is 0 Å². The van der Waals surface area contributed by atoms with Gasteiger partial charge >= 0.3 is 0 Å². The molecule has 0 aromatic carbocycles. The molecule has 0 aromatic heterocycles. The quantitative estimate of drug-likeness (QED) is 0.675. The summed E-state index contributed by atoms with van der Waals surface area (Å²) in [6, 6.07) is 0. The van der Waals surface area contributed by atoms with Crippen LogP contribution in [0.4, 0.5) is 0 Å². The highest BCUT2D eigenvalue weighted by Crippen LogP contribution is 2.37. The van der Waals surface area contributed by atoms with Crippen molar-refractivity contribution < 1.29 is 9.47 Å². The third kappa shape index (κ3) is 6.16. The molecule has 0 rings (SSSR count). The predicted molar refractivity (Wildman–Crippen MR) is 65.2 cm³/mol. The van der Waals surface area contributed by atoms with E-state index in [1.807, 2.05) is 0 Å². The lowest BCUT2D eigenvalue weighted by Crippen LogP contribution is -2.36. The highest BCUT2D eigenvalue weighted by atomic mass is 16.5. The molecule has 0 aromatic rings. The molecule has 0 saturated heterocycles. The Morgan fingerprint density at radius 2 is 0.933 bits per heavy atom. The molecule has 0 atom stereocenters. The van der Waals surface area contributed by atoms with Crippen LogP contribution in [0.25, 0.3) is 0 Å². The maximum Gasteiger partial charge on any atom is 0.0627 e. The molecule has 0 aliphatic heterocycles. The normalized spacial score (nSPS) is 14.4. The van der Waals surface area contributed by atoms with Crippen LogP contribution in [0.3, 0.4) is 0 Å². The molecule has 0 bridgehead atoms. The maximum atomic E-state index is 5.48. The third-order valence-corrected chi connectivity index (χ3v) is 2.91. The van der Waals surface area contributed by atoms with Crippen LogP contribution in [0.5, 0.6) is 0 Å². The van der Waals surface area contributed by atoms with Crippen molar-refractivity contribution in [2.24, 2.45) is 5.41 Å². The zero-order valence-electron chi connectivity index (χ0n) is 11.7. The van der Waals surface area contributed by atoms with Crippen LogP contribution in [0.2, 0.25) is 0 Å². The van der Waals surface area contributed by atoms with Crippen LogP contribution in [0.15, 0.2) is 0 Å². The summed E-state index contributed by atoms with van der Waals surface area (Å²) < 4.78 is 11.0. The molecular weight excluding hydrogens is 188 g/mol. The van der Waals surface area contributed by atoms with Gasteiger partial charge in [0, 0.05) is 14.2 Å². The first-order valence-corrected chi connectivity index (χ1v) is 5.64. The van der Waals surface area contributed by atoms with Gasteiger partial charge in [0.05, 0.1) is 11.2 Å². The van der Waals surface area contributed by atoms with Crippen molar-refractivity contribution in [2.75, 3.05) is 14.2 Å². The van der Waals surface area contributed by atoms with Crippen LogP contribution in [-0.4, -0.2) is 25.4 Å². The van der Waals surface area contributed by atoms with Gasteiger partial charge in [0.1, 0.15) is 0 Å². The van der Waals surface area contributed by atoms with Gasteiger partial charge in [0.25, 0.3) is 0 Å².